The standard InChI is InChI=1S/2C5H5N.2CO.2ClH.Mo/c2*1-2-4-6-5-3-1;2*1-2;;;/h2*1-5H;;;2*1H;/q;;;;;;+2/p-2. The van der Waals surface area contributed by atoms with Gasteiger partial charge in [0.25, 0.3) is 0 Å². The van der Waals surface area contributed by atoms with Crippen molar-refractivity contribution in [3.8, 4) is 0 Å². The minimum atomic E-state index is -0.586. The van der Waals surface area contributed by atoms with Gasteiger partial charge in [0.1, 0.15) is 0 Å². The molecule has 2 aromatic heterocycles. The fourth-order valence-electron chi connectivity index (χ4n) is 0.625. The molecule has 0 aliphatic carbocycles. The van der Waals surface area contributed by atoms with Crippen molar-refractivity contribution in [2.45, 2.75) is 0 Å². The molecule has 19 heavy (non-hydrogen) atoms. The summed E-state index contributed by atoms with van der Waals surface area (Å²) in [5, 5.41) is 0. The van der Waals surface area contributed by atoms with Crippen molar-refractivity contribution in [1.82, 2.24) is 9.97 Å². The zero-order chi connectivity index (χ0) is 15.2. The number of pyridine rings is 2. The summed E-state index contributed by atoms with van der Waals surface area (Å²) in [5.41, 5.74) is 0. The van der Waals surface area contributed by atoms with Crippen LogP contribution >= 0.6 is 18.8 Å². The number of aromatic nitrogens is 2. The number of hydrogen-bond donors (Lipinski definition) is 0. The van der Waals surface area contributed by atoms with Gasteiger partial charge in [-0.05, 0) is 24.3 Å². The van der Waals surface area contributed by atoms with Crippen molar-refractivity contribution in [2.24, 2.45) is 0 Å². The van der Waals surface area contributed by atoms with E-state index in [2.05, 4.69) is 23.3 Å². The van der Waals surface area contributed by atoms with Crippen molar-refractivity contribution in [1.29, 1.82) is 0 Å². The summed E-state index contributed by atoms with van der Waals surface area (Å²) in [4.78, 5) is 7.57. The summed E-state index contributed by atoms with van der Waals surface area (Å²) < 4.78 is 15.0. The van der Waals surface area contributed by atoms with E-state index < -0.39 is 16.5 Å². The Hall–Kier alpha value is -0.952. The molecule has 0 spiro atoms. The normalized spacial score (nSPS) is 6.21. The van der Waals surface area contributed by atoms with Crippen LogP contribution in [-0.4, -0.2) is 9.97 Å². The fraction of sp³-hybridized carbons (Fsp3) is 0. The van der Waals surface area contributed by atoms with E-state index in [0.29, 0.717) is 0 Å². The van der Waals surface area contributed by atoms with Crippen molar-refractivity contribution in [2.75, 3.05) is 0 Å². The molecule has 0 aromatic carbocycles. The van der Waals surface area contributed by atoms with Gasteiger partial charge in [-0.15, -0.1) is 0 Å². The molecular formula is C12H10Cl2MoN2O2. The minimum Gasteiger partial charge on any atom is -0.265 e. The summed E-state index contributed by atoms with van der Waals surface area (Å²) in [5.74, 6) is 0. The van der Waals surface area contributed by atoms with E-state index >= 15 is 0 Å². The minimum absolute atomic E-state index is 0.586. The molecule has 2 aromatic rings. The second-order valence-corrected chi connectivity index (χ2v) is 5.15. The Labute approximate surface area is 129 Å². The largest absolute Gasteiger partial charge is 0.265 e. The third kappa shape index (κ3) is 31.6. The maximum absolute atomic E-state index is 7.50. The number of rotatable bonds is 0. The summed E-state index contributed by atoms with van der Waals surface area (Å²) >= 11 is -0.586. The molecule has 0 aliphatic rings. The van der Waals surface area contributed by atoms with E-state index in [-0.39, 0.29) is 0 Å². The second-order valence-electron chi connectivity index (χ2n) is 2.11. The van der Waals surface area contributed by atoms with Gasteiger partial charge < -0.3 is 0 Å². The molecule has 0 unspecified atom stereocenters. The molecule has 0 N–H and O–H groups in total. The molecule has 0 bridgehead atoms. The Morgan fingerprint density at radius 1 is 0.632 bits per heavy atom. The number of halogens is 2. The van der Waals surface area contributed by atoms with Crippen molar-refractivity contribution < 1.29 is 25.8 Å². The van der Waals surface area contributed by atoms with E-state index in [9.17, 15) is 0 Å². The molecule has 0 saturated heterocycles. The number of hydrogen-bond acceptors (Lipinski definition) is 2. The van der Waals surface area contributed by atoms with Gasteiger partial charge in [-0.1, -0.05) is 12.1 Å². The van der Waals surface area contributed by atoms with E-state index in [4.69, 9.17) is 28.1 Å². The van der Waals surface area contributed by atoms with E-state index in [1.807, 2.05) is 36.4 Å². The second kappa shape index (κ2) is 30.2. The average Bonchev–Trinajstić information content (AvgIpc) is 2.56. The molecule has 2 heterocycles. The van der Waals surface area contributed by atoms with Crippen LogP contribution in [0.3, 0.4) is 0 Å². The quantitative estimate of drug-likeness (QED) is 0.399. The van der Waals surface area contributed by atoms with Crippen molar-refractivity contribution in [3.05, 3.63) is 74.5 Å². The molecule has 0 amide bonds. The Balaban J connectivity index is -0.000000187. The molecule has 0 fully saturated rings. The van der Waals surface area contributed by atoms with E-state index in [1.165, 1.54) is 0 Å². The molecule has 0 aliphatic heterocycles. The van der Waals surface area contributed by atoms with Crippen LogP contribution in [0.15, 0.2) is 61.2 Å². The van der Waals surface area contributed by atoms with Gasteiger partial charge in [0.05, 0.1) is 0 Å². The first kappa shape index (κ1) is 23.2. The smallest absolute Gasteiger partial charge is 0.0267 e. The molecular weight excluding hydrogens is 371 g/mol. The molecule has 7 heteroatoms. The first-order chi connectivity index (χ1) is 9.41. The Morgan fingerprint density at radius 2 is 0.842 bits per heavy atom. The molecule has 0 radical (unpaired) electrons. The summed E-state index contributed by atoms with van der Waals surface area (Å²) in [6, 6.07) is 11.4. The number of nitrogens with zero attached hydrogens (tertiary/aromatic N) is 2. The van der Waals surface area contributed by atoms with Gasteiger partial charge in [-0.2, -0.15) is 0 Å². The van der Waals surface area contributed by atoms with Crippen LogP contribution in [0.5, 0.6) is 0 Å². The topological polar surface area (TPSA) is 65.6 Å². The van der Waals surface area contributed by atoms with Crippen LogP contribution in [0, 0.1) is 13.3 Å². The van der Waals surface area contributed by atoms with Gasteiger partial charge in [0, 0.05) is 24.8 Å². The van der Waals surface area contributed by atoms with Crippen molar-refractivity contribution in [3.63, 3.8) is 0 Å². The predicted octanol–water partition coefficient (Wildman–Crippen LogP) is 3.46. The first-order valence-corrected chi connectivity index (χ1v) is 9.58. The van der Waals surface area contributed by atoms with Gasteiger partial charge in [0.2, 0.25) is 0 Å². The maximum Gasteiger partial charge on any atom is 0.0267 e. The maximum atomic E-state index is 7.50. The van der Waals surface area contributed by atoms with E-state index in [1.54, 1.807) is 24.8 Å². The molecule has 2 rings (SSSR count). The average molecular weight is 381 g/mol. The van der Waals surface area contributed by atoms with Gasteiger partial charge >= 0.3 is 57.9 Å². The van der Waals surface area contributed by atoms with Crippen molar-refractivity contribution >= 4 is 18.8 Å². The van der Waals surface area contributed by atoms with Crippen LogP contribution in [0.4, 0.5) is 0 Å². The van der Waals surface area contributed by atoms with E-state index in [0.717, 1.165) is 0 Å². The zero-order valence-electron chi connectivity index (χ0n) is 9.65. The summed E-state index contributed by atoms with van der Waals surface area (Å²) in [6.45, 7) is 9.00. The van der Waals surface area contributed by atoms with Crippen LogP contribution in [-0.2, 0) is 25.8 Å². The summed E-state index contributed by atoms with van der Waals surface area (Å²) in [7, 11) is 9.79. The van der Waals surface area contributed by atoms with Gasteiger partial charge in [-0.25, -0.2) is 0 Å². The molecule has 100 valence electrons. The SMILES string of the molecule is [C-]#[O+].[C-]#[O+].[Cl][Mo][Cl].c1ccncc1.c1ccncc1. The van der Waals surface area contributed by atoms with Crippen LogP contribution in [0.1, 0.15) is 0 Å². The van der Waals surface area contributed by atoms with Crippen LogP contribution in [0.2, 0.25) is 0 Å². The Bertz CT molecular complexity index is 284. The fourth-order valence-corrected chi connectivity index (χ4v) is 0.625. The van der Waals surface area contributed by atoms with Crippen LogP contribution < -0.4 is 0 Å². The molecule has 0 atom stereocenters. The monoisotopic (exact) mass is 382 g/mol. The van der Waals surface area contributed by atoms with Crippen LogP contribution in [0.25, 0.3) is 0 Å². The van der Waals surface area contributed by atoms with Gasteiger partial charge in [0.15, 0.2) is 0 Å². The predicted molar refractivity (Wildman–Crippen MR) is 68.0 cm³/mol. The third-order valence-corrected chi connectivity index (χ3v) is 1.13. The first-order valence-electron chi connectivity index (χ1n) is 4.42. The molecule has 4 nitrogen and oxygen atoms in total. The zero-order valence-corrected chi connectivity index (χ0v) is 13.2. The Kier molecular flexibility index (Phi) is 36.9. The summed E-state index contributed by atoms with van der Waals surface area (Å²) in [6.07, 6.45) is 7.00. The third-order valence-electron chi connectivity index (χ3n) is 1.13. The Morgan fingerprint density at radius 3 is 0.895 bits per heavy atom. The molecule has 0 saturated carbocycles. The van der Waals surface area contributed by atoms with Gasteiger partial charge in [-0.3, -0.25) is 9.97 Å².